The first-order valence-electron chi connectivity index (χ1n) is 8.08. The maximum absolute atomic E-state index is 9.75. The van der Waals surface area contributed by atoms with Crippen molar-refractivity contribution >= 4 is 13.2 Å². The van der Waals surface area contributed by atoms with Crippen molar-refractivity contribution in [2.75, 3.05) is 6.61 Å². The summed E-state index contributed by atoms with van der Waals surface area (Å²) in [6.07, 6.45) is 5.36. The fraction of sp³-hybridized carbons (Fsp3) is 0.389. The van der Waals surface area contributed by atoms with Gasteiger partial charge in [-0.15, -0.1) is 0 Å². The summed E-state index contributed by atoms with van der Waals surface area (Å²) in [5.41, 5.74) is 2.89. The number of hydrogen-bond acceptors (Lipinski definition) is 4. The van der Waals surface area contributed by atoms with Gasteiger partial charge in [0.15, 0.2) is 0 Å². The molecule has 0 aliphatic carbocycles. The molecule has 2 aromatic rings. The number of nitrogens with zero attached hydrogens (tertiary/aromatic N) is 1. The minimum Gasteiger partial charge on any atom is -0.400 e. The summed E-state index contributed by atoms with van der Waals surface area (Å²) in [5, 5.41) is 9.75. The van der Waals surface area contributed by atoms with Gasteiger partial charge in [-0.2, -0.15) is 0 Å². The van der Waals surface area contributed by atoms with Crippen LogP contribution in [0.25, 0.3) is 17.3 Å². The van der Waals surface area contributed by atoms with Crippen LogP contribution in [0.3, 0.4) is 0 Å². The lowest BCUT2D eigenvalue weighted by molar-refractivity contribution is 0.00578. The SMILES string of the molecule is CC1(C)OB(C(=Cc2ccc(-c3cnc[nH]3)cc2)CO)OC1(C)C. The minimum atomic E-state index is -0.535. The Morgan fingerprint density at radius 1 is 1.17 bits per heavy atom. The normalized spacial score (nSPS) is 19.7. The van der Waals surface area contributed by atoms with Gasteiger partial charge in [-0.3, -0.25) is 0 Å². The lowest BCUT2D eigenvalue weighted by Crippen LogP contribution is -2.41. The Kier molecular flexibility index (Phi) is 4.38. The maximum Gasteiger partial charge on any atom is 0.492 e. The van der Waals surface area contributed by atoms with Crippen molar-refractivity contribution in [2.45, 2.75) is 38.9 Å². The van der Waals surface area contributed by atoms with Gasteiger partial charge in [0.2, 0.25) is 0 Å². The van der Waals surface area contributed by atoms with Crippen molar-refractivity contribution in [3.05, 3.63) is 47.8 Å². The third-order valence-electron chi connectivity index (χ3n) is 4.81. The van der Waals surface area contributed by atoms with Crippen molar-refractivity contribution in [2.24, 2.45) is 0 Å². The molecule has 0 amide bonds. The Balaban J connectivity index is 1.81. The molecule has 0 radical (unpaired) electrons. The van der Waals surface area contributed by atoms with Crippen LogP contribution in [0.15, 0.2) is 42.3 Å². The lowest BCUT2D eigenvalue weighted by atomic mass is 9.77. The lowest BCUT2D eigenvalue weighted by Gasteiger charge is -2.32. The number of hydrogen-bond donors (Lipinski definition) is 2. The van der Waals surface area contributed by atoms with E-state index in [4.69, 9.17) is 9.31 Å². The van der Waals surface area contributed by atoms with E-state index >= 15 is 0 Å². The first-order chi connectivity index (χ1) is 11.3. The second kappa shape index (κ2) is 6.20. The zero-order valence-corrected chi connectivity index (χ0v) is 14.5. The summed E-state index contributed by atoms with van der Waals surface area (Å²) < 4.78 is 12.0. The molecular formula is C18H23BN2O3. The van der Waals surface area contributed by atoms with Crippen LogP contribution in [0.5, 0.6) is 0 Å². The van der Waals surface area contributed by atoms with E-state index in [0.29, 0.717) is 5.47 Å². The molecule has 0 bridgehead atoms. The van der Waals surface area contributed by atoms with E-state index in [-0.39, 0.29) is 6.61 Å². The highest BCUT2D eigenvalue weighted by molar-refractivity contribution is 6.55. The van der Waals surface area contributed by atoms with Crippen LogP contribution in [0, 0.1) is 0 Å². The van der Waals surface area contributed by atoms with Crippen LogP contribution in [-0.4, -0.2) is 40.0 Å². The number of aliphatic hydroxyl groups is 1. The van der Waals surface area contributed by atoms with Crippen LogP contribution in [0.1, 0.15) is 33.3 Å². The Labute approximate surface area is 142 Å². The van der Waals surface area contributed by atoms with Gasteiger partial charge in [0, 0.05) is 0 Å². The van der Waals surface area contributed by atoms with Gasteiger partial charge >= 0.3 is 7.12 Å². The molecule has 0 saturated carbocycles. The molecule has 0 unspecified atom stereocenters. The van der Waals surface area contributed by atoms with Gasteiger partial charge < -0.3 is 19.4 Å². The molecule has 6 heteroatoms. The van der Waals surface area contributed by atoms with E-state index in [1.807, 2.05) is 58.0 Å². The standard InChI is InChI=1S/C18H23BN2O3/c1-17(2)18(3,4)24-19(23-17)15(11-22)9-13-5-7-14(8-6-13)16-10-20-12-21-16/h5-10,12,22H,11H2,1-4H3,(H,20,21). The Morgan fingerprint density at radius 3 is 2.29 bits per heavy atom. The molecule has 5 nitrogen and oxygen atoms in total. The summed E-state index contributed by atoms with van der Waals surface area (Å²) in [4.78, 5) is 7.11. The first-order valence-corrected chi connectivity index (χ1v) is 8.08. The zero-order chi connectivity index (χ0) is 17.4. The average molecular weight is 326 g/mol. The number of benzene rings is 1. The molecule has 1 saturated heterocycles. The molecule has 126 valence electrons. The maximum atomic E-state index is 9.75. The highest BCUT2D eigenvalue weighted by atomic mass is 16.7. The highest BCUT2D eigenvalue weighted by Crippen LogP contribution is 2.38. The molecule has 1 fully saturated rings. The summed E-state index contributed by atoms with van der Waals surface area (Å²) >= 11 is 0. The fourth-order valence-corrected chi connectivity index (χ4v) is 2.57. The third kappa shape index (κ3) is 3.17. The summed E-state index contributed by atoms with van der Waals surface area (Å²) in [5.74, 6) is 0. The van der Waals surface area contributed by atoms with E-state index in [0.717, 1.165) is 16.8 Å². The topological polar surface area (TPSA) is 67.4 Å². The molecule has 2 N–H and O–H groups in total. The van der Waals surface area contributed by atoms with Crippen molar-refractivity contribution < 1.29 is 14.4 Å². The number of aliphatic hydroxyl groups excluding tert-OH is 1. The van der Waals surface area contributed by atoms with Crippen LogP contribution in [-0.2, 0) is 9.31 Å². The average Bonchev–Trinajstić information content (AvgIpc) is 3.12. The molecule has 2 heterocycles. The van der Waals surface area contributed by atoms with Crippen molar-refractivity contribution in [1.29, 1.82) is 0 Å². The zero-order valence-electron chi connectivity index (χ0n) is 14.5. The van der Waals surface area contributed by atoms with E-state index in [9.17, 15) is 5.11 Å². The Morgan fingerprint density at radius 2 is 1.79 bits per heavy atom. The summed E-state index contributed by atoms with van der Waals surface area (Å²) in [6.45, 7) is 7.89. The first kappa shape index (κ1) is 17.0. The second-order valence-electron chi connectivity index (χ2n) is 7.05. The number of aromatic nitrogens is 2. The van der Waals surface area contributed by atoms with E-state index in [1.54, 1.807) is 12.5 Å². The quantitative estimate of drug-likeness (QED) is 0.848. The van der Waals surface area contributed by atoms with Gasteiger partial charge in [0.05, 0.1) is 36.0 Å². The van der Waals surface area contributed by atoms with Crippen molar-refractivity contribution in [3.63, 3.8) is 0 Å². The number of rotatable bonds is 4. The molecule has 1 aromatic carbocycles. The Bertz CT molecular complexity index is 705. The predicted molar refractivity (Wildman–Crippen MR) is 95.2 cm³/mol. The van der Waals surface area contributed by atoms with Crippen LogP contribution < -0.4 is 0 Å². The molecule has 0 atom stereocenters. The third-order valence-corrected chi connectivity index (χ3v) is 4.81. The highest BCUT2D eigenvalue weighted by Gasteiger charge is 2.52. The fourth-order valence-electron chi connectivity index (χ4n) is 2.57. The van der Waals surface area contributed by atoms with Gasteiger partial charge in [-0.25, -0.2) is 4.98 Å². The summed E-state index contributed by atoms with van der Waals surface area (Å²) in [7, 11) is -0.535. The van der Waals surface area contributed by atoms with E-state index in [2.05, 4.69) is 9.97 Å². The van der Waals surface area contributed by atoms with Gasteiger partial charge in [-0.1, -0.05) is 30.3 Å². The molecule has 24 heavy (non-hydrogen) atoms. The summed E-state index contributed by atoms with van der Waals surface area (Å²) in [6, 6.07) is 8.02. The van der Waals surface area contributed by atoms with Gasteiger partial charge in [-0.05, 0) is 44.3 Å². The number of aromatic amines is 1. The molecule has 3 rings (SSSR count). The monoisotopic (exact) mass is 326 g/mol. The minimum absolute atomic E-state index is 0.112. The predicted octanol–water partition coefficient (Wildman–Crippen LogP) is 3.08. The largest absolute Gasteiger partial charge is 0.492 e. The van der Waals surface area contributed by atoms with Crippen molar-refractivity contribution in [3.8, 4) is 11.3 Å². The smallest absolute Gasteiger partial charge is 0.400 e. The second-order valence-corrected chi connectivity index (χ2v) is 7.05. The van der Waals surface area contributed by atoms with Crippen LogP contribution >= 0.6 is 0 Å². The Hall–Kier alpha value is -1.89. The van der Waals surface area contributed by atoms with Gasteiger partial charge in [0.1, 0.15) is 0 Å². The van der Waals surface area contributed by atoms with Crippen LogP contribution in [0.2, 0.25) is 0 Å². The van der Waals surface area contributed by atoms with Crippen LogP contribution in [0.4, 0.5) is 0 Å². The molecule has 1 aliphatic rings. The van der Waals surface area contributed by atoms with E-state index < -0.39 is 18.3 Å². The van der Waals surface area contributed by atoms with Crippen molar-refractivity contribution in [1.82, 2.24) is 9.97 Å². The van der Waals surface area contributed by atoms with Gasteiger partial charge in [0.25, 0.3) is 0 Å². The molecular weight excluding hydrogens is 303 g/mol. The molecule has 1 aromatic heterocycles. The van der Waals surface area contributed by atoms with E-state index in [1.165, 1.54) is 0 Å². The number of H-pyrrole nitrogens is 1. The molecule has 0 spiro atoms. The number of imidazole rings is 1. The molecule has 1 aliphatic heterocycles. The number of nitrogens with one attached hydrogen (secondary N) is 1.